The van der Waals surface area contributed by atoms with Gasteiger partial charge in [-0.2, -0.15) is 0 Å². The third-order valence-corrected chi connectivity index (χ3v) is 6.29. The molecule has 7 nitrogen and oxygen atoms in total. The van der Waals surface area contributed by atoms with Crippen molar-refractivity contribution < 1.29 is 19.1 Å². The largest absolute Gasteiger partial charge is 0.481 e. The maximum Gasteiger partial charge on any atom is 0.349 e. The van der Waals surface area contributed by atoms with Crippen molar-refractivity contribution in [2.45, 2.75) is 86.8 Å². The van der Waals surface area contributed by atoms with E-state index in [0.29, 0.717) is 30.0 Å². The fourth-order valence-electron chi connectivity index (χ4n) is 4.21. The van der Waals surface area contributed by atoms with Crippen LogP contribution in [0.4, 0.5) is 5.69 Å². The molecule has 1 aromatic carbocycles. The molecule has 2 aliphatic rings. The van der Waals surface area contributed by atoms with Crippen LogP contribution >= 0.6 is 0 Å². The molecule has 0 bridgehead atoms. The number of carbonyl (C=O) groups excluding carboxylic acids is 2. The SMILES string of the molecule is CC.CC.CCCCc1cc(N(C)CCN)c2c(c1C)OC1C(=C(C)C(=O)[C@@H](N)C1C)OC2=O. The van der Waals surface area contributed by atoms with Crippen molar-refractivity contribution in [3.05, 3.63) is 34.1 Å². The van der Waals surface area contributed by atoms with E-state index in [9.17, 15) is 9.59 Å². The first kappa shape index (κ1) is 29.7. The van der Waals surface area contributed by atoms with Gasteiger partial charge in [0, 0.05) is 31.6 Å². The molecule has 0 saturated carbocycles. The van der Waals surface area contributed by atoms with Crippen LogP contribution < -0.4 is 21.1 Å². The number of unbranched alkanes of at least 4 members (excludes halogenated alkanes) is 1. The van der Waals surface area contributed by atoms with Crippen molar-refractivity contribution in [1.82, 2.24) is 0 Å². The second-order valence-electron chi connectivity index (χ2n) is 8.36. The smallest absolute Gasteiger partial charge is 0.349 e. The fourth-order valence-corrected chi connectivity index (χ4v) is 4.21. The maximum atomic E-state index is 13.3. The van der Waals surface area contributed by atoms with Gasteiger partial charge in [-0.15, -0.1) is 0 Å². The summed E-state index contributed by atoms with van der Waals surface area (Å²) in [4.78, 5) is 27.8. The van der Waals surface area contributed by atoms with Gasteiger partial charge < -0.3 is 25.8 Å². The van der Waals surface area contributed by atoms with E-state index >= 15 is 0 Å². The van der Waals surface area contributed by atoms with Gasteiger partial charge in [-0.3, -0.25) is 4.79 Å². The normalized spacial score (nSPS) is 21.0. The van der Waals surface area contributed by atoms with Crippen molar-refractivity contribution in [2.24, 2.45) is 17.4 Å². The topological polar surface area (TPSA) is 108 Å². The minimum Gasteiger partial charge on any atom is -0.481 e. The molecule has 1 aliphatic heterocycles. The molecular weight excluding hydrogens is 430 g/mol. The molecule has 4 N–H and O–H groups in total. The standard InChI is InChI=1S/C23H33N3O4.2C2H6/c1-6-7-8-15-11-16(26(5)10-9-24)17-20(12(15)2)29-21-13(3)18(25)19(27)14(4)22(21)30-23(17)28;2*1-2/h11,13,18,21H,6-10,24-25H2,1-5H3;2*1-2H3/t13?,18-,21?;;/m0../s1. The Morgan fingerprint density at radius 1 is 1.12 bits per heavy atom. The number of hydrogen-bond acceptors (Lipinski definition) is 7. The van der Waals surface area contributed by atoms with Crippen molar-refractivity contribution in [1.29, 1.82) is 0 Å². The third kappa shape index (κ3) is 5.81. The van der Waals surface area contributed by atoms with Gasteiger partial charge in [-0.05, 0) is 43.9 Å². The molecule has 0 fully saturated rings. The van der Waals surface area contributed by atoms with E-state index in [1.165, 1.54) is 0 Å². The molecule has 0 aromatic heterocycles. The van der Waals surface area contributed by atoms with Crippen LogP contribution in [0.1, 0.15) is 82.8 Å². The van der Waals surface area contributed by atoms with Gasteiger partial charge >= 0.3 is 5.97 Å². The maximum absolute atomic E-state index is 13.3. The summed E-state index contributed by atoms with van der Waals surface area (Å²) in [6.45, 7) is 16.7. The van der Waals surface area contributed by atoms with E-state index in [0.717, 1.165) is 36.1 Å². The van der Waals surface area contributed by atoms with Crippen LogP contribution in [0, 0.1) is 12.8 Å². The number of carbonyl (C=O) groups is 2. The first-order chi connectivity index (χ1) is 16.2. The highest BCUT2D eigenvalue weighted by molar-refractivity contribution is 6.04. The first-order valence-electron chi connectivity index (χ1n) is 12.7. The highest BCUT2D eigenvalue weighted by Crippen LogP contribution is 2.43. The minimum absolute atomic E-state index is 0.211. The third-order valence-electron chi connectivity index (χ3n) is 6.29. The highest BCUT2D eigenvalue weighted by atomic mass is 16.6. The van der Waals surface area contributed by atoms with Gasteiger partial charge in [0.2, 0.25) is 0 Å². The number of rotatable bonds is 6. The summed E-state index contributed by atoms with van der Waals surface area (Å²) in [5.74, 6) is -0.247. The van der Waals surface area contributed by atoms with Gasteiger partial charge in [0.05, 0.1) is 11.7 Å². The summed E-state index contributed by atoms with van der Waals surface area (Å²) < 4.78 is 12.2. The molecule has 3 atom stereocenters. The Morgan fingerprint density at radius 2 is 1.74 bits per heavy atom. The van der Waals surface area contributed by atoms with Crippen LogP contribution in [0.25, 0.3) is 0 Å². The average molecular weight is 476 g/mol. The van der Waals surface area contributed by atoms with Crippen LogP contribution in [0.3, 0.4) is 0 Å². The molecular formula is C27H45N3O4. The Hall–Kier alpha value is -2.38. The van der Waals surface area contributed by atoms with Crippen molar-refractivity contribution >= 4 is 17.4 Å². The highest BCUT2D eigenvalue weighted by Gasteiger charge is 2.45. The molecule has 1 heterocycles. The number of likely N-dealkylation sites (N-methyl/N-ethyl adjacent to an activating group) is 1. The number of nitrogens with two attached hydrogens (primary N) is 2. The number of ketones is 1. The average Bonchev–Trinajstić information content (AvgIpc) is 3.01. The Kier molecular flexibility index (Phi) is 11.8. The molecule has 0 saturated heterocycles. The predicted octanol–water partition coefficient (Wildman–Crippen LogP) is 4.52. The van der Waals surface area contributed by atoms with Crippen LogP contribution in [-0.4, -0.2) is 44.0 Å². The number of fused-ring (bicyclic) bond motifs is 2. The zero-order valence-corrected chi connectivity index (χ0v) is 22.6. The molecule has 1 aliphatic carbocycles. The lowest BCUT2D eigenvalue weighted by molar-refractivity contribution is -0.120. The van der Waals surface area contributed by atoms with Gasteiger partial charge in [0.1, 0.15) is 11.3 Å². The van der Waals surface area contributed by atoms with Gasteiger partial charge in [0.25, 0.3) is 0 Å². The number of aryl methyl sites for hydroxylation is 1. The van der Waals surface area contributed by atoms with E-state index in [1.807, 2.05) is 59.6 Å². The van der Waals surface area contributed by atoms with Gasteiger partial charge in [-0.1, -0.05) is 48.0 Å². The Labute approximate surface area is 205 Å². The Morgan fingerprint density at radius 3 is 2.29 bits per heavy atom. The van der Waals surface area contributed by atoms with E-state index in [2.05, 4.69) is 6.92 Å². The molecule has 34 heavy (non-hydrogen) atoms. The molecule has 7 heteroatoms. The summed E-state index contributed by atoms with van der Waals surface area (Å²) in [5, 5.41) is 0. The van der Waals surface area contributed by atoms with Gasteiger partial charge in [-0.25, -0.2) is 4.79 Å². The molecule has 2 unspecified atom stereocenters. The van der Waals surface area contributed by atoms with Crippen molar-refractivity contribution in [3.63, 3.8) is 0 Å². The quantitative estimate of drug-likeness (QED) is 0.582. The lowest BCUT2D eigenvalue weighted by Crippen LogP contribution is -2.50. The van der Waals surface area contributed by atoms with Crippen LogP contribution in [0.5, 0.6) is 5.75 Å². The Bertz CT molecular complexity index is 894. The van der Waals surface area contributed by atoms with Crippen molar-refractivity contribution in [2.75, 3.05) is 25.0 Å². The number of ether oxygens (including phenoxy) is 2. The number of Topliss-reactive ketones (excluding diaryl/α,β-unsaturated/α-hetero) is 1. The second-order valence-corrected chi connectivity index (χ2v) is 8.36. The number of esters is 1. The second kappa shape index (κ2) is 13.5. The predicted molar refractivity (Wildman–Crippen MR) is 139 cm³/mol. The van der Waals surface area contributed by atoms with E-state index in [-0.39, 0.29) is 17.5 Å². The van der Waals surface area contributed by atoms with Crippen LogP contribution in [-0.2, 0) is 16.0 Å². The van der Waals surface area contributed by atoms with Gasteiger partial charge in [0.15, 0.2) is 17.6 Å². The summed E-state index contributed by atoms with van der Waals surface area (Å²) in [7, 11) is 1.90. The van der Waals surface area contributed by atoms with E-state index in [4.69, 9.17) is 20.9 Å². The van der Waals surface area contributed by atoms with Crippen molar-refractivity contribution in [3.8, 4) is 5.75 Å². The monoisotopic (exact) mass is 475 g/mol. The Balaban J connectivity index is 0.00000137. The number of anilines is 1. The lowest BCUT2D eigenvalue weighted by Gasteiger charge is -2.33. The summed E-state index contributed by atoms with van der Waals surface area (Å²) in [6.07, 6.45) is 2.40. The number of benzene rings is 1. The molecule has 3 rings (SSSR count). The van der Waals surface area contributed by atoms with E-state index in [1.54, 1.807) is 6.92 Å². The lowest BCUT2D eigenvalue weighted by atomic mass is 9.82. The summed E-state index contributed by atoms with van der Waals surface area (Å²) >= 11 is 0. The summed E-state index contributed by atoms with van der Waals surface area (Å²) in [5.41, 5.74) is 15.5. The molecule has 0 radical (unpaired) electrons. The van der Waals surface area contributed by atoms with Crippen LogP contribution in [0.2, 0.25) is 0 Å². The molecule has 0 amide bonds. The van der Waals surface area contributed by atoms with Crippen LogP contribution in [0.15, 0.2) is 17.4 Å². The zero-order chi connectivity index (χ0) is 26.2. The first-order valence-corrected chi connectivity index (χ1v) is 12.7. The number of hydrogen-bond donors (Lipinski definition) is 2. The minimum atomic E-state index is -0.693. The zero-order valence-electron chi connectivity index (χ0n) is 22.6. The number of nitrogens with zero attached hydrogens (tertiary/aromatic N) is 1. The fraction of sp³-hybridized carbons (Fsp3) is 0.630. The molecule has 1 aromatic rings. The molecule has 192 valence electrons. The summed E-state index contributed by atoms with van der Waals surface area (Å²) in [6, 6.07) is 1.35. The molecule has 0 spiro atoms. The van der Waals surface area contributed by atoms with E-state index < -0.39 is 18.1 Å².